The quantitative estimate of drug-likeness (QED) is 0.205. The van der Waals surface area contributed by atoms with Gasteiger partial charge in [-0.2, -0.15) is 5.53 Å². The predicted octanol–water partition coefficient (Wildman–Crippen LogP) is 5.00. The molecule has 0 unspecified atom stereocenters. The van der Waals surface area contributed by atoms with Gasteiger partial charge >= 0.3 is 0 Å². The van der Waals surface area contributed by atoms with Gasteiger partial charge in [0.05, 0.1) is 0 Å². The highest BCUT2D eigenvalue weighted by atomic mass is 79.9. The molecule has 1 aliphatic rings. The molecular weight excluding hydrogens is 390 g/mol. The van der Waals surface area contributed by atoms with E-state index in [1.165, 1.54) is 31.2 Å². The van der Waals surface area contributed by atoms with E-state index in [9.17, 15) is 0 Å². The molecule has 3 aromatic rings. The largest absolute Gasteiger partial charge is 0.382 e. The molecule has 26 heavy (non-hydrogen) atoms. The Morgan fingerprint density at radius 1 is 1.23 bits per heavy atom. The number of alkyl halides is 1. The first kappa shape index (κ1) is 17.0. The monoisotopic (exact) mass is 409 g/mol. The summed E-state index contributed by atoms with van der Waals surface area (Å²) in [6, 6.07) is 16.4. The number of benzene rings is 1. The standard InChI is InChI=1S/C20H20BrN5/c21-15-8-5-13(6-9-15)12-26-18-4-2-1-3-16(18)17-11-14(7-10-19(17)26)20(22)24-25-23/h1,3,7,10-11,13,15H,5-6,8-9,12H2,(H3,22,23,24). The summed E-state index contributed by atoms with van der Waals surface area (Å²) in [5, 5.41) is 8.95. The molecule has 132 valence electrons. The fourth-order valence-electron chi connectivity index (χ4n) is 3.94. The van der Waals surface area contributed by atoms with E-state index in [-0.39, 0.29) is 5.84 Å². The van der Waals surface area contributed by atoms with E-state index in [0.29, 0.717) is 10.7 Å². The number of hydrogen-bond donors (Lipinski definition) is 2. The summed E-state index contributed by atoms with van der Waals surface area (Å²) in [4.78, 5) is 0.670. The van der Waals surface area contributed by atoms with Crippen LogP contribution < -0.4 is 5.73 Å². The number of rotatable bonds is 4. The van der Waals surface area contributed by atoms with E-state index in [1.807, 2.05) is 18.2 Å². The van der Waals surface area contributed by atoms with E-state index < -0.39 is 0 Å². The highest BCUT2D eigenvalue weighted by molar-refractivity contribution is 9.09. The van der Waals surface area contributed by atoms with Gasteiger partial charge in [-0.1, -0.05) is 27.2 Å². The topological polar surface area (TPSA) is 79.5 Å². The Balaban J connectivity index is 1.81. The zero-order valence-electron chi connectivity index (χ0n) is 14.4. The third-order valence-corrected chi connectivity index (χ3v) is 6.21. The Bertz CT molecular complexity index is 982. The Hall–Kier alpha value is -2.39. The fraction of sp³-hybridized carbons (Fsp3) is 0.350. The molecular formula is C20H20BrN5. The molecule has 0 aliphatic heterocycles. The molecule has 2 aromatic carbocycles. The molecule has 0 atom stereocenters. The number of nitrogens with two attached hydrogens (primary N) is 1. The average Bonchev–Trinajstić information content (AvgIpc) is 2.97. The van der Waals surface area contributed by atoms with Crippen LogP contribution in [0.2, 0.25) is 0 Å². The third kappa shape index (κ3) is 3.08. The van der Waals surface area contributed by atoms with Gasteiger partial charge < -0.3 is 10.3 Å². The molecule has 1 fully saturated rings. The minimum absolute atomic E-state index is 0.255. The highest BCUT2D eigenvalue weighted by Gasteiger charge is 2.21. The molecule has 1 aromatic heterocycles. The number of halogens is 1. The van der Waals surface area contributed by atoms with Crippen molar-refractivity contribution in [3.63, 3.8) is 0 Å². The van der Waals surface area contributed by atoms with Crippen LogP contribution in [0, 0.1) is 23.6 Å². The van der Waals surface area contributed by atoms with Gasteiger partial charge in [0, 0.05) is 33.2 Å². The van der Waals surface area contributed by atoms with Gasteiger partial charge in [0.2, 0.25) is 0 Å². The fourth-order valence-corrected chi connectivity index (χ4v) is 4.47. The van der Waals surface area contributed by atoms with Crippen LogP contribution in [0.15, 0.2) is 40.7 Å². The summed E-state index contributed by atoms with van der Waals surface area (Å²) in [6.07, 6.45) is 4.98. The number of nitrogens with zero attached hydrogens (tertiary/aromatic N) is 3. The number of hydrogen-bond acceptors (Lipinski definition) is 2. The smallest absolute Gasteiger partial charge is 0.155 e. The van der Waals surface area contributed by atoms with E-state index in [4.69, 9.17) is 11.3 Å². The Kier molecular flexibility index (Phi) is 4.64. The maximum Gasteiger partial charge on any atom is 0.155 e. The lowest BCUT2D eigenvalue weighted by molar-refractivity contribution is 0.333. The molecule has 1 saturated carbocycles. The van der Waals surface area contributed by atoms with Crippen LogP contribution in [-0.2, 0) is 6.54 Å². The van der Waals surface area contributed by atoms with E-state index in [0.717, 1.165) is 28.4 Å². The summed E-state index contributed by atoms with van der Waals surface area (Å²) in [5.74, 6) is 0.939. The van der Waals surface area contributed by atoms with Crippen LogP contribution in [0.3, 0.4) is 0 Å². The lowest BCUT2D eigenvalue weighted by atomic mass is 9.89. The van der Waals surface area contributed by atoms with Crippen molar-refractivity contribution in [3.05, 3.63) is 48.0 Å². The van der Waals surface area contributed by atoms with E-state index in [1.54, 1.807) is 0 Å². The first-order valence-electron chi connectivity index (χ1n) is 8.86. The maximum absolute atomic E-state index is 6.88. The number of nitrogens with one attached hydrogen (secondary N) is 1. The van der Waals surface area contributed by atoms with Gasteiger partial charge in [-0.25, -0.2) is 0 Å². The molecule has 1 heterocycles. The van der Waals surface area contributed by atoms with Crippen molar-refractivity contribution in [2.24, 2.45) is 22.0 Å². The zero-order chi connectivity index (χ0) is 18.1. The predicted molar refractivity (Wildman–Crippen MR) is 108 cm³/mol. The van der Waals surface area contributed by atoms with Gasteiger partial charge in [-0.3, -0.25) is 0 Å². The third-order valence-electron chi connectivity index (χ3n) is 5.30. The van der Waals surface area contributed by atoms with Crippen molar-refractivity contribution >= 4 is 43.6 Å². The average molecular weight is 410 g/mol. The normalized spacial score (nSPS) is 21.0. The Morgan fingerprint density at radius 2 is 2.04 bits per heavy atom. The number of amidine groups is 1. The second-order valence-electron chi connectivity index (χ2n) is 6.91. The zero-order valence-corrected chi connectivity index (χ0v) is 16.0. The molecule has 0 saturated heterocycles. The van der Waals surface area contributed by atoms with Crippen molar-refractivity contribution in [3.8, 4) is 0 Å². The molecule has 0 spiro atoms. The van der Waals surface area contributed by atoms with Gasteiger partial charge in [-0.15, -0.1) is 5.10 Å². The second kappa shape index (κ2) is 7.08. The molecule has 4 rings (SSSR count). The highest BCUT2D eigenvalue weighted by Crippen LogP contribution is 2.34. The van der Waals surface area contributed by atoms with Crippen LogP contribution in [-0.4, -0.2) is 15.2 Å². The summed E-state index contributed by atoms with van der Waals surface area (Å²) in [7, 11) is 0. The molecule has 0 amide bonds. The SMILES string of the molecule is N=NN=C(N)c1ccc2c(c1)c1ccc#cc1n2CC1CCC(Br)CC1. The number of aromatic nitrogens is 1. The summed E-state index contributed by atoms with van der Waals surface area (Å²) in [6.45, 7) is 0.999. The maximum atomic E-state index is 6.88. The Labute approximate surface area is 160 Å². The minimum atomic E-state index is 0.255. The summed E-state index contributed by atoms with van der Waals surface area (Å²) < 4.78 is 2.37. The van der Waals surface area contributed by atoms with Gasteiger partial charge in [0.1, 0.15) is 5.52 Å². The molecule has 6 heteroatoms. The molecule has 0 radical (unpaired) electrons. The van der Waals surface area contributed by atoms with Crippen LogP contribution >= 0.6 is 15.9 Å². The first-order chi connectivity index (χ1) is 12.7. The van der Waals surface area contributed by atoms with Crippen molar-refractivity contribution < 1.29 is 0 Å². The number of fused-ring (bicyclic) bond motifs is 3. The lowest BCUT2D eigenvalue weighted by Gasteiger charge is -2.26. The van der Waals surface area contributed by atoms with Gasteiger partial charge in [-0.05, 0) is 68.0 Å². The van der Waals surface area contributed by atoms with Gasteiger partial charge in [0.15, 0.2) is 5.84 Å². The van der Waals surface area contributed by atoms with Crippen LogP contribution in [0.4, 0.5) is 0 Å². The van der Waals surface area contributed by atoms with Crippen LogP contribution in [0.25, 0.3) is 21.8 Å². The van der Waals surface area contributed by atoms with Crippen molar-refractivity contribution in [1.29, 1.82) is 5.53 Å². The van der Waals surface area contributed by atoms with Crippen molar-refractivity contribution in [1.82, 2.24) is 4.57 Å². The van der Waals surface area contributed by atoms with Gasteiger partial charge in [0.25, 0.3) is 0 Å². The summed E-state index contributed by atoms with van der Waals surface area (Å²) in [5.41, 5.74) is 15.8. The van der Waals surface area contributed by atoms with Crippen LogP contribution in [0.5, 0.6) is 0 Å². The minimum Gasteiger partial charge on any atom is -0.382 e. The first-order valence-corrected chi connectivity index (χ1v) is 9.77. The molecule has 0 bridgehead atoms. The van der Waals surface area contributed by atoms with E-state index >= 15 is 0 Å². The lowest BCUT2D eigenvalue weighted by Crippen LogP contribution is -2.18. The Morgan fingerprint density at radius 3 is 2.81 bits per heavy atom. The molecule has 1 aliphatic carbocycles. The molecule has 5 nitrogen and oxygen atoms in total. The molecule has 3 N–H and O–H groups in total. The van der Waals surface area contributed by atoms with Crippen molar-refractivity contribution in [2.45, 2.75) is 37.1 Å². The second-order valence-corrected chi connectivity index (χ2v) is 8.21. The van der Waals surface area contributed by atoms with Crippen molar-refractivity contribution in [2.75, 3.05) is 0 Å². The van der Waals surface area contributed by atoms with Crippen LogP contribution in [0.1, 0.15) is 31.2 Å². The summed E-state index contributed by atoms with van der Waals surface area (Å²) >= 11 is 3.75. The van der Waals surface area contributed by atoms with E-state index in [2.05, 4.69) is 55.1 Å².